The van der Waals surface area contributed by atoms with Crippen molar-refractivity contribution < 1.29 is 9.47 Å². The van der Waals surface area contributed by atoms with Crippen LogP contribution in [0.2, 0.25) is 0 Å². The van der Waals surface area contributed by atoms with Crippen molar-refractivity contribution in [2.45, 2.75) is 45.3 Å². The lowest BCUT2D eigenvalue weighted by atomic mass is 9.99. The summed E-state index contributed by atoms with van der Waals surface area (Å²) in [5, 5.41) is 0. The molecule has 1 spiro atoms. The molecule has 0 aromatic rings. The predicted octanol–water partition coefficient (Wildman–Crippen LogP) is 2.26. The van der Waals surface area contributed by atoms with Gasteiger partial charge in [0.05, 0.1) is 13.2 Å². The first kappa shape index (κ1) is 12.3. The van der Waals surface area contributed by atoms with Crippen LogP contribution in [-0.2, 0) is 9.47 Å². The normalized spacial score (nSPS) is 25.7. The number of nitrogens with zero attached hydrogens (tertiary/aromatic N) is 1. The molecule has 0 atom stereocenters. The van der Waals surface area contributed by atoms with Gasteiger partial charge in [-0.25, -0.2) is 0 Å². The Labute approximate surface area is 99.1 Å². The van der Waals surface area contributed by atoms with Crippen molar-refractivity contribution in [1.29, 1.82) is 0 Å². The second-order valence-corrected chi connectivity index (χ2v) is 5.09. The maximum atomic E-state index is 5.74. The standard InChI is InChI=1S/C13H25NO2/c1-3-12(4-2)11-14-7-5-13(6-8-14)15-9-10-16-13/h12H,3-11H2,1-2H3. The first-order valence-corrected chi connectivity index (χ1v) is 6.78. The second-order valence-electron chi connectivity index (χ2n) is 5.09. The highest BCUT2D eigenvalue weighted by atomic mass is 16.7. The largest absolute Gasteiger partial charge is 0.347 e. The molecule has 0 N–H and O–H groups in total. The van der Waals surface area contributed by atoms with Crippen molar-refractivity contribution in [2.75, 3.05) is 32.8 Å². The topological polar surface area (TPSA) is 21.7 Å². The molecule has 16 heavy (non-hydrogen) atoms. The molecular weight excluding hydrogens is 202 g/mol. The Morgan fingerprint density at radius 1 is 1.06 bits per heavy atom. The molecule has 2 heterocycles. The van der Waals surface area contributed by atoms with E-state index in [0.29, 0.717) is 0 Å². The third kappa shape index (κ3) is 2.76. The summed E-state index contributed by atoms with van der Waals surface area (Å²) in [6.45, 7) is 9.68. The number of hydrogen-bond acceptors (Lipinski definition) is 3. The van der Waals surface area contributed by atoms with Crippen molar-refractivity contribution >= 4 is 0 Å². The summed E-state index contributed by atoms with van der Waals surface area (Å²) >= 11 is 0. The third-order valence-corrected chi connectivity index (χ3v) is 4.10. The summed E-state index contributed by atoms with van der Waals surface area (Å²) < 4.78 is 11.5. The smallest absolute Gasteiger partial charge is 0.170 e. The van der Waals surface area contributed by atoms with E-state index >= 15 is 0 Å². The van der Waals surface area contributed by atoms with Crippen LogP contribution in [0, 0.1) is 5.92 Å². The van der Waals surface area contributed by atoms with Gasteiger partial charge >= 0.3 is 0 Å². The zero-order chi connectivity index (χ0) is 11.4. The molecule has 0 aliphatic carbocycles. The molecule has 0 unspecified atom stereocenters. The molecule has 3 nitrogen and oxygen atoms in total. The number of likely N-dealkylation sites (tertiary alicyclic amines) is 1. The zero-order valence-electron chi connectivity index (χ0n) is 10.7. The van der Waals surface area contributed by atoms with Gasteiger partial charge in [0.1, 0.15) is 0 Å². The van der Waals surface area contributed by atoms with Crippen LogP contribution in [0.4, 0.5) is 0 Å². The van der Waals surface area contributed by atoms with Gasteiger partial charge in [-0.05, 0) is 5.92 Å². The molecule has 0 aromatic carbocycles. The third-order valence-electron chi connectivity index (χ3n) is 4.10. The van der Waals surface area contributed by atoms with E-state index < -0.39 is 0 Å². The number of piperidine rings is 1. The van der Waals surface area contributed by atoms with Crippen LogP contribution in [0.5, 0.6) is 0 Å². The Kier molecular flexibility index (Phi) is 4.22. The molecule has 2 fully saturated rings. The number of rotatable bonds is 4. The molecule has 94 valence electrons. The van der Waals surface area contributed by atoms with Crippen molar-refractivity contribution in [2.24, 2.45) is 5.92 Å². The van der Waals surface area contributed by atoms with Gasteiger partial charge in [-0.2, -0.15) is 0 Å². The molecule has 0 aromatic heterocycles. The van der Waals surface area contributed by atoms with Gasteiger partial charge in [-0.1, -0.05) is 26.7 Å². The lowest BCUT2D eigenvalue weighted by molar-refractivity contribution is -0.185. The Morgan fingerprint density at radius 2 is 1.62 bits per heavy atom. The minimum absolute atomic E-state index is 0.204. The SMILES string of the molecule is CCC(CC)CN1CCC2(CC1)OCCO2. The monoisotopic (exact) mass is 227 g/mol. The fourth-order valence-electron chi connectivity index (χ4n) is 2.77. The average Bonchev–Trinajstić information content (AvgIpc) is 2.77. The van der Waals surface area contributed by atoms with Crippen LogP contribution >= 0.6 is 0 Å². The molecular formula is C13H25NO2. The van der Waals surface area contributed by atoms with Crippen LogP contribution in [-0.4, -0.2) is 43.5 Å². The maximum absolute atomic E-state index is 5.74. The molecule has 0 radical (unpaired) electrons. The highest BCUT2D eigenvalue weighted by Gasteiger charge is 2.39. The van der Waals surface area contributed by atoms with Gasteiger partial charge in [0, 0.05) is 32.5 Å². The fourth-order valence-corrected chi connectivity index (χ4v) is 2.77. The van der Waals surface area contributed by atoms with Crippen LogP contribution in [0.25, 0.3) is 0 Å². The van der Waals surface area contributed by atoms with E-state index in [1.54, 1.807) is 0 Å². The quantitative estimate of drug-likeness (QED) is 0.735. The number of hydrogen-bond donors (Lipinski definition) is 0. The van der Waals surface area contributed by atoms with E-state index in [4.69, 9.17) is 9.47 Å². The lowest BCUT2D eigenvalue weighted by Gasteiger charge is -2.38. The average molecular weight is 227 g/mol. The van der Waals surface area contributed by atoms with Crippen molar-refractivity contribution in [3.8, 4) is 0 Å². The molecule has 2 aliphatic heterocycles. The summed E-state index contributed by atoms with van der Waals surface area (Å²) in [5.41, 5.74) is 0. The first-order valence-electron chi connectivity index (χ1n) is 6.78. The molecule has 2 aliphatic rings. The van der Waals surface area contributed by atoms with E-state index in [2.05, 4.69) is 18.7 Å². The van der Waals surface area contributed by atoms with E-state index in [1.807, 2.05) is 0 Å². The van der Waals surface area contributed by atoms with Crippen LogP contribution in [0.1, 0.15) is 39.5 Å². The predicted molar refractivity (Wildman–Crippen MR) is 64.4 cm³/mol. The van der Waals surface area contributed by atoms with Gasteiger partial charge in [0.2, 0.25) is 0 Å². The minimum Gasteiger partial charge on any atom is -0.347 e. The van der Waals surface area contributed by atoms with E-state index in [1.165, 1.54) is 19.4 Å². The van der Waals surface area contributed by atoms with Crippen LogP contribution < -0.4 is 0 Å². The van der Waals surface area contributed by atoms with Gasteiger partial charge in [0.25, 0.3) is 0 Å². The molecule has 0 saturated carbocycles. The van der Waals surface area contributed by atoms with Gasteiger partial charge in [0.15, 0.2) is 5.79 Å². The Morgan fingerprint density at radius 3 is 2.12 bits per heavy atom. The summed E-state index contributed by atoms with van der Waals surface area (Å²) in [4.78, 5) is 2.58. The lowest BCUT2D eigenvalue weighted by Crippen LogP contribution is -2.46. The van der Waals surface area contributed by atoms with Gasteiger partial charge in [-0.15, -0.1) is 0 Å². The highest BCUT2D eigenvalue weighted by Crippen LogP contribution is 2.31. The van der Waals surface area contributed by atoms with Gasteiger partial charge in [-0.3, -0.25) is 0 Å². The Bertz CT molecular complexity index is 200. The Hall–Kier alpha value is -0.120. The first-order chi connectivity index (χ1) is 7.78. The molecule has 2 rings (SSSR count). The maximum Gasteiger partial charge on any atom is 0.170 e. The van der Waals surface area contributed by atoms with Crippen molar-refractivity contribution in [1.82, 2.24) is 4.90 Å². The minimum atomic E-state index is -0.204. The zero-order valence-corrected chi connectivity index (χ0v) is 10.7. The van der Waals surface area contributed by atoms with E-state index in [9.17, 15) is 0 Å². The molecule has 2 saturated heterocycles. The molecule has 0 amide bonds. The highest BCUT2D eigenvalue weighted by molar-refractivity contribution is 4.83. The summed E-state index contributed by atoms with van der Waals surface area (Å²) in [7, 11) is 0. The summed E-state index contributed by atoms with van der Waals surface area (Å²) in [6.07, 6.45) is 4.69. The molecule has 3 heteroatoms. The van der Waals surface area contributed by atoms with Crippen molar-refractivity contribution in [3.05, 3.63) is 0 Å². The van der Waals surface area contributed by atoms with Crippen molar-refractivity contribution in [3.63, 3.8) is 0 Å². The summed E-state index contributed by atoms with van der Waals surface area (Å²) in [6, 6.07) is 0. The molecule has 0 bridgehead atoms. The van der Waals surface area contributed by atoms with E-state index in [-0.39, 0.29) is 5.79 Å². The number of ether oxygens (including phenoxy) is 2. The van der Waals surface area contributed by atoms with Crippen LogP contribution in [0.15, 0.2) is 0 Å². The van der Waals surface area contributed by atoms with Gasteiger partial charge < -0.3 is 14.4 Å². The van der Waals surface area contributed by atoms with Crippen LogP contribution in [0.3, 0.4) is 0 Å². The van der Waals surface area contributed by atoms with E-state index in [0.717, 1.165) is 45.1 Å². The fraction of sp³-hybridized carbons (Fsp3) is 1.00. The second kappa shape index (κ2) is 5.48. The summed E-state index contributed by atoms with van der Waals surface area (Å²) in [5.74, 6) is 0.657. The Balaban J connectivity index is 1.76.